The number of H-pyrrole nitrogens is 1. The van der Waals surface area contributed by atoms with Crippen molar-refractivity contribution in [2.75, 3.05) is 13.2 Å². The molecule has 1 saturated heterocycles. The van der Waals surface area contributed by atoms with E-state index in [1.165, 1.54) is 18.4 Å². The van der Waals surface area contributed by atoms with E-state index in [1.807, 2.05) is 6.07 Å². The predicted octanol–water partition coefficient (Wildman–Crippen LogP) is 3.13. The van der Waals surface area contributed by atoms with Crippen LogP contribution in [0.4, 0.5) is 0 Å². The fourth-order valence-corrected chi connectivity index (χ4v) is 2.78. The molecule has 1 aliphatic heterocycles. The highest BCUT2D eigenvalue weighted by Gasteiger charge is 2.16. The van der Waals surface area contributed by atoms with E-state index in [4.69, 9.17) is 17.0 Å². The highest BCUT2D eigenvalue weighted by molar-refractivity contribution is 7.71. The fourth-order valence-electron chi connectivity index (χ4n) is 2.50. The Hall–Kier alpha value is -1.13. The Labute approximate surface area is 105 Å². The lowest BCUT2D eigenvalue weighted by Crippen LogP contribution is -2.22. The number of hydrogen-bond acceptors (Lipinski definition) is 2. The molecule has 1 aromatic carbocycles. The first kappa shape index (κ1) is 11.0. The number of para-hydroxylation sites is 2. The van der Waals surface area contributed by atoms with Gasteiger partial charge in [-0.2, -0.15) is 0 Å². The van der Waals surface area contributed by atoms with Gasteiger partial charge < -0.3 is 14.3 Å². The number of fused-ring (bicyclic) bond motifs is 1. The first-order chi connectivity index (χ1) is 8.34. The summed E-state index contributed by atoms with van der Waals surface area (Å²) in [6.45, 7) is 2.74. The summed E-state index contributed by atoms with van der Waals surface area (Å²) in [5.74, 6) is 0.592. The third kappa shape index (κ3) is 2.15. The minimum atomic E-state index is 0.592. The Morgan fingerprint density at radius 1 is 1.41 bits per heavy atom. The van der Waals surface area contributed by atoms with E-state index in [1.54, 1.807) is 0 Å². The van der Waals surface area contributed by atoms with E-state index in [9.17, 15) is 0 Å². The normalized spacial score (nSPS) is 20.8. The lowest BCUT2D eigenvalue weighted by molar-refractivity contribution is 0.0486. The summed E-state index contributed by atoms with van der Waals surface area (Å²) in [7, 11) is 0. The van der Waals surface area contributed by atoms with Crippen molar-refractivity contribution in [3.05, 3.63) is 29.0 Å². The minimum Gasteiger partial charge on any atom is -0.381 e. The molecule has 1 N–H and O–H groups in total. The molecule has 17 heavy (non-hydrogen) atoms. The van der Waals surface area contributed by atoms with Gasteiger partial charge in [0.15, 0.2) is 4.77 Å². The van der Waals surface area contributed by atoms with E-state index in [0.29, 0.717) is 5.92 Å². The van der Waals surface area contributed by atoms with Gasteiger partial charge >= 0.3 is 0 Å². The molecule has 0 radical (unpaired) electrons. The number of ether oxygens (including phenoxy) is 1. The average molecular weight is 248 g/mol. The van der Waals surface area contributed by atoms with Crippen molar-refractivity contribution < 1.29 is 4.74 Å². The van der Waals surface area contributed by atoms with Crippen molar-refractivity contribution in [3.8, 4) is 0 Å². The first-order valence-corrected chi connectivity index (χ1v) is 6.51. The zero-order valence-corrected chi connectivity index (χ0v) is 10.5. The molecular formula is C13H16N2OS. The number of nitrogens with one attached hydrogen (secondary N) is 1. The molecule has 1 unspecified atom stereocenters. The van der Waals surface area contributed by atoms with Crippen LogP contribution in [-0.2, 0) is 11.3 Å². The monoisotopic (exact) mass is 248 g/mol. The smallest absolute Gasteiger partial charge is 0.178 e. The molecule has 90 valence electrons. The molecule has 0 aliphatic carbocycles. The summed E-state index contributed by atoms with van der Waals surface area (Å²) in [5, 5.41) is 0. The summed E-state index contributed by atoms with van der Waals surface area (Å²) >= 11 is 5.39. The van der Waals surface area contributed by atoms with Gasteiger partial charge in [-0.1, -0.05) is 12.1 Å². The lowest BCUT2D eigenvalue weighted by atomic mass is 10.0. The van der Waals surface area contributed by atoms with Crippen LogP contribution in [-0.4, -0.2) is 22.8 Å². The summed E-state index contributed by atoms with van der Waals surface area (Å²) in [5.41, 5.74) is 2.32. The van der Waals surface area contributed by atoms with Crippen LogP contribution >= 0.6 is 12.2 Å². The summed E-state index contributed by atoms with van der Waals surface area (Å²) < 4.78 is 8.54. The van der Waals surface area contributed by atoms with E-state index >= 15 is 0 Å². The predicted molar refractivity (Wildman–Crippen MR) is 70.7 cm³/mol. The summed E-state index contributed by atoms with van der Waals surface area (Å²) in [6, 6.07) is 8.27. The van der Waals surface area contributed by atoms with Crippen LogP contribution in [0, 0.1) is 10.7 Å². The number of benzene rings is 1. The number of aromatic amines is 1. The first-order valence-electron chi connectivity index (χ1n) is 6.10. The zero-order valence-electron chi connectivity index (χ0n) is 9.69. The number of nitrogens with zero attached hydrogens (tertiary/aromatic N) is 1. The molecule has 0 spiro atoms. The van der Waals surface area contributed by atoms with E-state index in [-0.39, 0.29) is 0 Å². The molecule has 1 atom stereocenters. The van der Waals surface area contributed by atoms with Crippen LogP contribution < -0.4 is 0 Å². The van der Waals surface area contributed by atoms with E-state index < -0.39 is 0 Å². The maximum Gasteiger partial charge on any atom is 0.178 e. The second-order valence-corrected chi connectivity index (χ2v) is 5.03. The number of hydrogen-bond donors (Lipinski definition) is 1. The molecule has 0 amide bonds. The quantitative estimate of drug-likeness (QED) is 0.828. The Balaban J connectivity index is 1.93. The highest BCUT2D eigenvalue weighted by Crippen LogP contribution is 2.20. The van der Waals surface area contributed by atoms with Crippen LogP contribution in [0.2, 0.25) is 0 Å². The molecular weight excluding hydrogens is 232 g/mol. The third-order valence-electron chi connectivity index (χ3n) is 3.38. The van der Waals surface area contributed by atoms with Crippen LogP contribution in [0.5, 0.6) is 0 Å². The molecule has 2 heterocycles. The van der Waals surface area contributed by atoms with Crippen LogP contribution in [0.1, 0.15) is 12.8 Å². The van der Waals surface area contributed by atoms with Crippen molar-refractivity contribution in [3.63, 3.8) is 0 Å². The van der Waals surface area contributed by atoms with Gasteiger partial charge in [-0.3, -0.25) is 0 Å². The molecule has 1 aromatic heterocycles. The maximum absolute atomic E-state index is 5.53. The molecule has 4 heteroatoms. The Morgan fingerprint density at radius 2 is 2.29 bits per heavy atom. The molecule has 1 fully saturated rings. The number of imidazole rings is 1. The SMILES string of the molecule is S=c1[nH]c2ccccc2n1CC1CCCOC1. The van der Waals surface area contributed by atoms with Crippen molar-refractivity contribution in [2.45, 2.75) is 19.4 Å². The molecule has 1 aliphatic rings. The van der Waals surface area contributed by atoms with Gasteiger partial charge in [0.2, 0.25) is 0 Å². The van der Waals surface area contributed by atoms with Crippen LogP contribution in [0.25, 0.3) is 11.0 Å². The van der Waals surface area contributed by atoms with Gasteiger partial charge in [0.1, 0.15) is 0 Å². The Kier molecular flexibility index (Phi) is 2.99. The van der Waals surface area contributed by atoms with Crippen molar-refractivity contribution in [1.29, 1.82) is 0 Å². The summed E-state index contributed by atoms with van der Waals surface area (Å²) in [4.78, 5) is 3.25. The van der Waals surface area contributed by atoms with Gasteiger partial charge in [0.05, 0.1) is 17.6 Å². The van der Waals surface area contributed by atoms with Crippen molar-refractivity contribution >= 4 is 23.3 Å². The average Bonchev–Trinajstić information content (AvgIpc) is 2.68. The van der Waals surface area contributed by atoms with Gasteiger partial charge in [-0.15, -0.1) is 0 Å². The van der Waals surface area contributed by atoms with E-state index in [0.717, 1.165) is 30.0 Å². The number of aromatic nitrogens is 2. The highest BCUT2D eigenvalue weighted by atomic mass is 32.1. The molecule has 0 saturated carbocycles. The van der Waals surface area contributed by atoms with Crippen LogP contribution in [0.15, 0.2) is 24.3 Å². The minimum absolute atomic E-state index is 0.592. The van der Waals surface area contributed by atoms with Crippen molar-refractivity contribution in [1.82, 2.24) is 9.55 Å². The number of rotatable bonds is 2. The molecule has 2 aromatic rings. The zero-order chi connectivity index (χ0) is 11.7. The van der Waals surface area contributed by atoms with Gasteiger partial charge in [0, 0.05) is 19.1 Å². The standard InChI is InChI=1S/C13H16N2OS/c17-13-14-11-5-1-2-6-12(11)15(13)8-10-4-3-7-16-9-10/h1-2,5-6,10H,3-4,7-9H2,(H,14,17). The molecule has 0 bridgehead atoms. The van der Waals surface area contributed by atoms with Gasteiger partial charge in [-0.25, -0.2) is 0 Å². The van der Waals surface area contributed by atoms with Crippen LogP contribution in [0.3, 0.4) is 0 Å². The third-order valence-corrected chi connectivity index (χ3v) is 3.70. The second-order valence-electron chi connectivity index (χ2n) is 4.64. The fraction of sp³-hybridized carbons (Fsp3) is 0.462. The van der Waals surface area contributed by atoms with Gasteiger partial charge in [-0.05, 0) is 37.2 Å². The second kappa shape index (κ2) is 4.63. The Morgan fingerprint density at radius 3 is 3.12 bits per heavy atom. The van der Waals surface area contributed by atoms with Crippen molar-refractivity contribution in [2.24, 2.45) is 5.92 Å². The Bertz CT molecular complexity index is 566. The van der Waals surface area contributed by atoms with E-state index in [2.05, 4.69) is 27.8 Å². The summed E-state index contributed by atoms with van der Waals surface area (Å²) in [6.07, 6.45) is 2.40. The molecule has 3 nitrogen and oxygen atoms in total. The lowest BCUT2D eigenvalue weighted by Gasteiger charge is -2.22. The molecule has 3 rings (SSSR count). The largest absolute Gasteiger partial charge is 0.381 e. The topological polar surface area (TPSA) is 29.9 Å². The maximum atomic E-state index is 5.53. The van der Waals surface area contributed by atoms with Gasteiger partial charge in [0.25, 0.3) is 0 Å².